The summed E-state index contributed by atoms with van der Waals surface area (Å²) in [5.41, 5.74) is 3.28. The quantitative estimate of drug-likeness (QED) is 0.237. The molecule has 2 aromatic carbocycles. The van der Waals surface area contributed by atoms with E-state index in [0.717, 1.165) is 28.9 Å². The van der Waals surface area contributed by atoms with Crippen LogP contribution < -0.4 is 4.74 Å². The fourth-order valence-corrected chi connectivity index (χ4v) is 3.23. The van der Waals surface area contributed by atoms with Gasteiger partial charge in [-0.25, -0.2) is 0 Å². The molecule has 0 amide bonds. The van der Waals surface area contributed by atoms with E-state index >= 15 is 0 Å². The van der Waals surface area contributed by atoms with Gasteiger partial charge >= 0.3 is 0 Å². The minimum absolute atomic E-state index is 0.0499. The SMILES string of the molecule is Cc1cc(C)cc(-c2nnc(SCCCOc3ccc([N+](=O)[O-])cc3)o2)c1. The number of aryl methyl sites for hydroxylation is 2. The van der Waals surface area contributed by atoms with E-state index < -0.39 is 4.92 Å². The van der Waals surface area contributed by atoms with Crippen LogP contribution in [0.1, 0.15) is 17.5 Å². The maximum atomic E-state index is 10.6. The van der Waals surface area contributed by atoms with Gasteiger partial charge < -0.3 is 9.15 Å². The monoisotopic (exact) mass is 385 g/mol. The summed E-state index contributed by atoms with van der Waals surface area (Å²) < 4.78 is 11.3. The second-order valence-corrected chi connectivity index (χ2v) is 7.10. The molecule has 1 aromatic heterocycles. The molecule has 0 bridgehead atoms. The van der Waals surface area contributed by atoms with E-state index in [1.165, 1.54) is 23.9 Å². The maximum Gasteiger partial charge on any atom is 0.276 e. The highest BCUT2D eigenvalue weighted by molar-refractivity contribution is 7.99. The summed E-state index contributed by atoms with van der Waals surface area (Å²) in [7, 11) is 0. The third-order valence-corrected chi connectivity index (χ3v) is 4.61. The Morgan fingerprint density at radius 2 is 1.81 bits per heavy atom. The molecule has 3 aromatic rings. The Hall–Kier alpha value is -2.87. The number of hydrogen-bond donors (Lipinski definition) is 0. The first-order valence-corrected chi connectivity index (χ1v) is 9.42. The van der Waals surface area contributed by atoms with Gasteiger partial charge in [0.1, 0.15) is 5.75 Å². The Balaban J connectivity index is 1.44. The van der Waals surface area contributed by atoms with Crippen molar-refractivity contribution in [3.63, 3.8) is 0 Å². The Kier molecular flexibility index (Phi) is 6.08. The van der Waals surface area contributed by atoms with E-state index in [2.05, 4.69) is 16.3 Å². The lowest BCUT2D eigenvalue weighted by molar-refractivity contribution is -0.384. The number of non-ortho nitro benzene ring substituents is 1. The average molecular weight is 385 g/mol. The van der Waals surface area contributed by atoms with E-state index in [-0.39, 0.29) is 5.69 Å². The summed E-state index contributed by atoms with van der Waals surface area (Å²) in [6, 6.07) is 12.2. The molecule has 0 spiro atoms. The van der Waals surface area contributed by atoms with Gasteiger partial charge in [0.05, 0.1) is 11.5 Å². The average Bonchev–Trinajstić information content (AvgIpc) is 3.10. The largest absolute Gasteiger partial charge is 0.494 e. The molecular formula is C19H19N3O4S. The molecule has 0 fully saturated rings. The third kappa shape index (κ3) is 5.30. The third-order valence-electron chi connectivity index (χ3n) is 3.71. The molecule has 0 unspecified atom stereocenters. The van der Waals surface area contributed by atoms with Gasteiger partial charge in [0, 0.05) is 23.4 Å². The van der Waals surface area contributed by atoms with Gasteiger partial charge in [-0.2, -0.15) is 0 Å². The van der Waals surface area contributed by atoms with E-state index in [1.54, 1.807) is 12.1 Å². The number of aromatic nitrogens is 2. The molecule has 0 radical (unpaired) electrons. The lowest BCUT2D eigenvalue weighted by Crippen LogP contribution is -1.98. The molecule has 3 rings (SSSR count). The van der Waals surface area contributed by atoms with E-state index in [1.807, 2.05) is 26.0 Å². The van der Waals surface area contributed by atoms with Crippen LogP contribution in [0, 0.1) is 24.0 Å². The van der Waals surface area contributed by atoms with Crippen molar-refractivity contribution < 1.29 is 14.1 Å². The first kappa shape index (κ1) is 18.9. The number of hydrogen-bond acceptors (Lipinski definition) is 7. The van der Waals surface area contributed by atoms with Crippen molar-refractivity contribution in [2.24, 2.45) is 0 Å². The Bertz CT molecular complexity index is 905. The summed E-state index contributed by atoms with van der Waals surface area (Å²) in [4.78, 5) is 10.2. The number of thioether (sulfide) groups is 1. The summed E-state index contributed by atoms with van der Waals surface area (Å²) in [6.07, 6.45) is 0.781. The first-order valence-electron chi connectivity index (χ1n) is 8.43. The number of nitro benzene ring substituents is 1. The molecule has 0 aliphatic heterocycles. The molecule has 0 atom stereocenters. The predicted molar refractivity (Wildman–Crippen MR) is 103 cm³/mol. The van der Waals surface area contributed by atoms with Crippen LogP contribution in [0.15, 0.2) is 52.1 Å². The number of benzene rings is 2. The van der Waals surface area contributed by atoms with Gasteiger partial charge in [-0.3, -0.25) is 10.1 Å². The van der Waals surface area contributed by atoms with Gasteiger partial charge in [-0.1, -0.05) is 29.0 Å². The fourth-order valence-electron chi connectivity index (χ4n) is 2.56. The summed E-state index contributed by atoms with van der Waals surface area (Å²) in [6.45, 7) is 4.57. The van der Waals surface area contributed by atoms with E-state index in [4.69, 9.17) is 9.15 Å². The molecule has 0 N–H and O–H groups in total. The van der Waals surface area contributed by atoms with Crippen LogP contribution >= 0.6 is 11.8 Å². The zero-order valence-electron chi connectivity index (χ0n) is 15.0. The summed E-state index contributed by atoms with van der Waals surface area (Å²) in [5.74, 6) is 1.90. The van der Waals surface area contributed by atoms with Crippen LogP contribution in [-0.2, 0) is 0 Å². The lowest BCUT2D eigenvalue weighted by Gasteiger charge is -2.04. The van der Waals surface area contributed by atoms with E-state index in [9.17, 15) is 10.1 Å². The Morgan fingerprint density at radius 1 is 1.11 bits per heavy atom. The number of nitrogens with zero attached hydrogens (tertiary/aromatic N) is 3. The Morgan fingerprint density at radius 3 is 2.48 bits per heavy atom. The van der Waals surface area contributed by atoms with Crippen LogP contribution in [0.25, 0.3) is 11.5 Å². The van der Waals surface area contributed by atoms with E-state index in [0.29, 0.717) is 23.5 Å². The number of nitro groups is 1. The van der Waals surface area contributed by atoms with Crippen molar-refractivity contribution >= 4 is 17.4 Å². The highest BCUT2D eigenvalue weighted by Gasteiger charge is 2.10. The van der Waals surface area contributed by atoms with Crippen molar-refractivity contribution in [1.82, 2.24) is 10.2 Å². The minimum atomic E-state index is -0.433. The highest BCUT2D eigenvalue weighted by atomic mass is 32.2. The zero-order chi connectivity index (χ0) is 19.2. The lowest BCUT2D eigenvalue weighted by atomic mass is 10.1. The van der Waals surface area contributed by atoms with Crippen molar-refractivity contribution in [2.75, 3.05) is 12.4 Å². The second kappa shape index (κ2) is 8.68. The van der Waals surface area contributed by atoms with Crippen LogP contribution in [0.5, 0.6) is 5.75 Å². The van der Waals surface area contributed by atoms with Crippen molar-refractivity contribution in [3.05, 3.63) is 63.7 Å². The number of ether oxygens (including phenoxy) is 1. The first-order chi connectivity index (χ1) is 13.0. The van der Waals surface area contributed by atoms with Crippen LogP contribution in [0.4, 0.5) is 5.69 Å². The molecule has 140 valence electrons. The van der Waals surface area contributed by atoms with Gasteiger partial charge in [0.15, 0.2) is 0 Å². The normalized spacial score (nSPS) is 10.7. The van der Waals surface area contributed by atoms with Crippen LogP contribution in [-0.4, -0.2) is 27.5 Å². The van der Waals surface area contributed by atoms with Gasteiger partial charge in [0.25, 0.3) is 10.9 Å². The molecular weight excluding hydrogens is 366 g/mol. The topological polar surface area (TPSA) is 91.3 Å². The highest BCUT2D eigenvalue weighted by Crippen LogP contribution is 2.25. The second-order valence-electron chi connectivity index (χ2n) is 6.05. The molecule has 27 heavy (non-hydrogen) atoms. The standard InChI is InChI=1S/C19H19N3O4S/c1-13-10-14(2)12-15(11-13)18-20-21-19(26-18)27-9-3-8-25-17-6-4-16(5-7-17)22(23)24/h4-7,10-12H,3,8-9H2,1-2H3. The molecule has 0 aliphatic rings. The molecule has 8 heteroatoms. The van der Waals surface area contributed by atoms with Gasteiger partial charge in [-0.05, 0) is 44.5 Å². The maximum absolute atomic E-state index is 10.6. The molecule has 0 saturated carbocycles. The molecule has 1 heterocycles. The van der Waals surface area contributed by atoms with Gasteiger partial charge in [0.2, 0.25) is 5.89 Å². The zero-order valence-corrected chi connectivity index (χ0v) is 15.9. The van der Waals surface area contributed by atoms with Crippen molar-refractivity contribution in [1.29, 1.82) is 0 Å². The molecule has 0 aliphatic carbocycles. The predicted octanol–water partition coefficient (Wildman–Crippen LogP) is 4.82. The minimum Gasteiger partial charge on any atom is -0.494 e. The number of rotatable bonds is 8. The summed E-state index contributed by atoms with van der Waals surface area (Å²) in [5, 5.41) is 19.3. The van der Waals surface area contributed by atoms with Crippen molar-refractivity contribution in [3.8, 4) is 17.2 Å². The van der Waals surface area contributed by atoms with Crippen LogP contribution in [0.3, 0.4) is 0 Å². The van der Waals surface area contributed by atoms with Crippen molar-refractivity contribution in [2.45, 2.75) is 25.5 Å². The van der Waals surface area contributed by atoms with Crippen LogP contribution in [0.2, 0.25) is 0 Å². The fraction of sp³-hybridized carbons (Fsp3) is 0.263. The van der Waals surface area contributed by atoms with Gasteiger partial charge in [-0.15, -0.1) is 10.2 Å². The molecule has 7 nitrogen and oxygen atoms in total. The smallest absolute Gasteiger partial charge is 0.276 e. The summed E-state index contributed by atoms with van der Waals surface area (Å²) >= 11 is 1.48. The Labute approximate surface area is 160 Å². The molecule has 0 saturated heterocycles.